The molecule has 8 nitrogen and oxygen atoms in total. The number of anilines is 2. The van der Waals surface area contributed by atoms with Crippen LogP contribution in [0.25, 0.3) is 11.0 Å². The quantitative estimate of drug-likeness (QED) is 0.700. The second-order valence-corrected chi connectivity index (χ2v) is 7.02. The largest absolute Gasteiger partial charge is 0.495 e. The van der Waals surface area contributed by atoms with E-state index in [-0.39, 0.29) is 0 Å². The molecule has 1 aromatic heterocycles. The Morgan fingerprint density at radius 3 is 2.41 bits per heavy atom. The number of carbonyl (C=O) groups is 1. The molecule has 1 aliphatic heterocycles. The molecule has 0 atom stereocenters. The fraction of sp³-hybridized carbons (Fsp3) is 0.286. The molecule has 0 spiro atoms. The molecule has 1 fully saturated rings. The number of nitrogens with zero attached hydrogens (tertiary/aromatic N) is 3. The van der Waals surface area contributed by atoms with Crippen LogP contribution in [-0.2, 0) is 0 Å². The van der Waals surface area contributed by atoms with Crippen molar-refractivity contribution in [3.05, 3.63) is 58.0 Å². The van der Waals surface area contributed by atoms with E-state index in [1.54, 1.807) is 7.11 Å². The van der Waals surface area contributed by atoms with Crippen molar-refractivity contribution >= 4 is 28.4 Å². The molecule has 2 aromatic carbocycles. The highest BCUT2D eigenvalue weighted by Crippen LogP contribution is 2.30. The summed E-state index contributed by atoms with van der Waals surface area (Å²) in [6.07, 6.45) is 0. The molecule has 4 rings (SSSR count). The summed E-state index contributed by atoms with van der Waals surface area (Å²) in [5.74, 6) is -0.474. The molecule has 2 heterocycles. The van der Waals surface area contributed by atoms with Gasteiger partial charge in [-0.15, -0.1) is 0 Å². The molecule has 1 saturated heterocycles. The Bertz CT molecular complexity index is 1130. The number of aromatic carboxylic acids is 1. The summed E-state index contributed by atoms with van der Waals surface area (Å²) in [6.45, 7) is 5.25. The lowest BCUT2D eigenvalue weighted by Crippen LogP contribution is -2.46. The van der Waals surface area contributed by atoms with E-state index in [1.807, 2.05) is 37.3 Å². The molecule has 29 heavy (non-hydrogen) atoms. The number of benzene rings is 2. The molecule has 0 saturated carbocycles. The summed E-state index contributed by atoms with van der Waals surface area (Å²) in [6, 6.07) is 11.7. The zero-order valence-corrected chi connectivity index (χ0v) is 16.3. The maximum atomic E-state index is 11.9. The van der Waals surface area contributed by atoms with Crippen molar-refractivity contribution in [3.63, 3.8) is 0 Å². The average molecular weight is 394 g/mol. The smallest absolute Gasteiger partial charge is 0.360 e. The molecule has 0 radical (unpaired) electrons. The fourth-order valence-electron chi connectivity index (χ4n) is 3.80. The minimum atomic E-state index is -1.33. The molecule has 0 amide bonds. The summed E-state index contributed by atoms with van der Waals surface area (Å²) in [4.78, 5) is 34.3. The molecule has 8 heteroatoms. The van der Waals surface area contributed by atoms with Gasteiger partial charge in [0, 0.05) is 31.9 Å². The summed E-state index contributed by atoms with van der Waals surface area (Å²) < 4.78 is 5.48. The second kappa shape index (κ2) is 7.46. The van der Waals surface area contributed by atoms with E-state index in [0.717, 1.165) is 48.9 Å². The number of carboxylic acids is 1. The summed E-state index contributed by atoms with van der Waals surface area (Å²) in [5, 5.41) is 9.17. The van der Waals surface area contributed by atoms with Gasteiger partial charge in [0.1, 0.15) is 5.75 Å². The van der Waals surface area contributed by atoms with E-state index >= 15 is 0 Å². The van der Waals surface area contributed by atoms with Crippen molar-refractivity contribution in [3.8, 4) is 5.75 Å². The lowest BCUT2D eigenvalue weighted by Gasteiger charge is -2.38. The Morgan fingerprint density at radius 2 is 1.76 bits per heavy atom. The normalized spacial score (nSPS) is 14.3. The Kier molecular flexibility index (Phi) is 4.84. The maximum Gasteiger partial charge on any atom is 0.360 e. The van der Waals surface area contributed by atoms with Gasteiger partial charge in [-0.1, -0.05) is 12.1 Å². The Hall–Kier alpha value is -3.55. The van der Waals surface area contributed by atoms with Crippen LogP contribution >= 0.6 is 0 Å². The monoisotopic (exact) mass is 394 g/mol. The summed E-state index contributed by atoms with van der Waals surface area (Å²) in [7, 11) is 1.68. The van der Waals surface area contributed by atoms with Gasteiger partial charge >= 0.3 is 5.97 Å². The fourth-order valence-corrected chi connectivity index (χ4v) is 3.80. The molecular formula is C21H22N4O4. The molecule has 0 aliphatic carbocycles. The van der Waals surface area contributed by atoms with Crippen LogP contribution in [0.4, 0.5) is 11.4 Å². The number of methoxy groups -OCH3 is 1. The van der Waals surface area contributed by atoms with Gasteiger partial charge in [-0.2, -0.15) is 0 Å². The van der Waals surface area contributed by atoms with E-state index in [1.165, 1.54) is 0 Å². The lowest BCUT2D eigenvalue weighted by atomic mass is 10.1. The van der Waals surface area contributed by atoms with Crippen LogP contribution in [0.15, 0.2) is 41.2 Å². The van der Waals surface area contributed by atoms with Crippen LogP contribution in [0.5, 0.6) is 5.75 Å². The van der Waals surface area contributed by atoms with Crippen molar-refractivity contribution < 1.29 is 14.6 Å². The van der Waals surface area contributed by atoms with E-state index < -0.39 is 17.2 Å². The van der Waals surface area contributed by atoms with Crippen molar-refractivity contribution in [1.82, 2.24) is 9.97 Å². The van der Waals surface area contributed by atoms with Gasteiger partial charge in [-0.3, -0.25) is 4.79 Å². The number of hydrogen-bond acceptors (Lipinski definition) is 6. The first-order valence-corrected chi connectivity index (χ1v) is 9.39. The molecule has 3 aromatic rings. The molecule has 2 N–H and O–H groups in total. The van der Waals surface area contributed by atoms with E-state index in [9.17, 15) is 9.59 Å². The van der Waals surface area contributed by atoms with Gasteiger partial charge in [-0.25, -0.2) is 9.78 Å². The number of para-hydroxylation sites is 2. The maximum absolute atomic E-state index is 11.9. The number of hydrogen-bond donors (Lipinski definition) is 2. The number of piperazine rings is 1. The Morgan fingerprint density at radius 1 is 1.10 bits per heavy atom. The first kappa shape index (κ1) is 18.8. The third-order valence-electron chi connectivity index (χ3n) is 5.26. The SMILES string of the molecule is COc1ccccc1N1CCN(c2cc3nc(C(=O)O)c(=O)[nH]c3cc2C)CC1. The molecule has 0 bridgehead atoms. The van der Waals surface area contributed by atoms with Gasteiger partial charge in [0.2, 0.25) is 5.69 Å². The highest BCUT2D eigenvalue weighted by molar-refractivity contribution is 5.89. The van der Waals surface area contributed by atoms with Crippen LogP contribution in [-0.4, -0.2) is 54.3 Å². The zero-order chi connectivity index (χ0) is 20.5. The Labute approximate surface area is 167 Å². The number of aromatic nitrogens is 2. The molecule has 1 aliphatic rings. The number of nitrogens with one attached hydrogen (secondary N) is 1. The van der Waals surface area contributed by atoms with Gasteiger partial charge in [-0.05, 0) is 36.8 Å². The van der Waals surface area contributed by atoms with Gasteiger partial charge in [0.05, 0.1) is 23.8 Å². The van der Waals surface area contributed by atoms with E-state index in [2.05, 4.69) is 25.8 Å². The molecule has 150 valence electrons. The third-order valence-corrected chi connectivity index (χ3v) is 5.26. The Balaban J connectivity index is 1.61. The minimum Gasteiger partial charge on any atom is -0.495 e. The minimum absolute atomic E-state index is 0.467. The van der Waals surface area contributed by atoms with Crippen LogP contribution in [0.3, 0.4) is 0 Å². The molecule has 0 unspecified atom stereocenters. The van der Waals surface area contributed by atoms with Crippen LogP contribution < -0.4 is 20.1 Å². The zero-order valence-electron chi connectivity index (χ0n) is 16.3. The summed E-state index contributed by atoms with van der Waals surface area (Å²) >= 11 is 0. The summed E-state index contributed by atoms with van der Waals surface area (Å²) in [5.41, 5.74) is 2.89. The predicted molar refractivity (Wildman–Crippen MR) is 111 cm³/mol. The number of carboxylic acid groups (broad SMARTS) is 1. The van der Waals surface area contributed by atoms with Gasteiger partial charge in [0.25, 0.3) is 5.56 Å². The second-order valence-electron chi connectivity index (χ2n) is 7.02. The first-order chi connectivity index (χ1) is 14.0. The van der Waals surface area contributed by atoms with Crippen molar-refractivity contribution in [1.29, 1.82) is 0 Å². The number of rotatable bonds is 4. The third kappa shape index (κ3) is 3.49. The number of ether oxygens (including phenoxy) is 1. The number of fused-ring (bicyclic) bond motifs is 1. The molecular weight excluding hydrogens is 372 g/mol. The number of aromatic amines is 1. The average Bonchev–Trinajstić information content (AvgIpc) is 2.73. The lowest BCUT2D eigenvalue weighted by molar-refractivity contribution is 0.0689. The highest BCUT2D eigenvalue weighted by atomic mass is 16.5. The first-order valence-electron chi connectivity index (χ1n) is 9.39. The van der Waals surface area contributed by atoms with Gasteiger partial charge in [0.15, 0.2) is 0 Å². The van der Waals surface area contributed by atoms with Gasteiger partial charge < -0.3 is 24.6 Å². The van der Waals surface area contributed by atoms with Crippen LogP contribution in [0.2, 0.25) is 0 Å². The topological polar surface area (TPSA) is 98.8 Å². The van der Waals surface area contributed by atoms with E-state index in [4.69, 9.17) is 9.84 Å². The van der Waals surface area contributed by atoms with E-state index in [0.29, 0.717) is 11.0 Å². The highest BCUT2D eigenvalue weighted by Gasteiger charge is 2.22. The number of aryl methyl sites for hydroxylation is 1. The van der Waals surface area contributed by atoms with Crippen molar-refractivity contribution in [2.45, 2.75) is 6.92 Å². The van der Waals surface area contributed by atoms with Crippen molar-refractivity contribution in [2.75, 3.05) is 43.1 Å². The van der Waals surface area contributed by atoms with Crippen molar-refractivity contribution in [2.24, 2.45) is 0 Å². The van der Waals surface area contributed by atoms with Crippen LogP contribution in [0, 0.1) is 6.92 Å². The van der Waals surface area contributed by atoms with Crippen LogP contribution in [0.1, 0.15) is 16.1 Å². The number of H-pyrrole nitrogens is 1. The standard InChI is InChI=1S/C21H22N4O4/c1-13-11-14-15(22-19(21(27)28)20(26)23-14)12-17(13)25-9-7-24(8-10-25)16-5-3-4-6-18(16)29-2/h3-6,11-12H,7-10H2,1-2H3,(H,23,26)(H,27,28). The predicted octanol–water partition coefficient (Wildman–Crippen LogP) is 2.26.